The first-order valence-electron chi connectivity index (χ1n) is 7.14. The molecule has 22 heavy (non-hydrogen) atoms. The quantitative estimate of drug-likeness (QED) is 0.837. The molecule has 1 aromatic carbocycles. The van der Waals surface area contributed by atoms with E-state index in [1.807, 2.05) is 17.0 Å². The van der Waals surface area contributed by atoms with Gasteiger partial charge < -0.3 is 10.2 Å². The molecule has 1 aliphatic rings. The van der Waals surface area contributed by atoms with Crippen LogP contribution in [0.5, 0.6) is 0 Å². The van der Waals surface area contributed by atoms with Crippen LogP contribution in [0.25, 0.3) is 0 Å². The van der Waals surface area contributed by atoms with Crippen molar-refractivity contribution in [3.05, 3.63) is 58.1 Å². The Kier molecular flexibility index (Phi) is 5.55. The van der Waals surface area contributed by atoms with Gasteiger partial charge >= 0.3 is 0 Å². The molecule has 1 heterocycles. The third-order valence-corrected chi connectivity index (χ3v) is 4.62. The van der Waals surface area contributed by atoms with Crippen LogP contribution in [0.2, 0.25) is 0 Å². The Bertz CT molecular complexity index is 620. The average Bonchev–Trinajstić information content (AvgIpc) is 2.55. The Hall–Kier alpha value is -1.88. The van der Waals surface area contributed by atoms with Gasteiger partial charge in [0, 0.05) is 23.1 Å². The van der Waals surface area contributed by atoms with Crippen LogP contribution < -0.4 is 5.32 Å². The van der Waals surface area contributed by atoms with E-state index in [2.05, 4.69) is 34.7 Å². The van der Waals surface area contributed by atoms with E-state index in [0.717, 1.165) is 23.0 Å². The second-order valence-electron chi connectivity index (χ2n) is 5.28. The maximum absolute atomic E-state index is 12.5. The number of hydrogen-bond acceptors (Lipinski definition) is 2. The fraction of sp³-hybridized carbons (Fsp3) is 0.294. The van der Waals surface area contributed by atoms with Gasteiger partial charge in [-0.1, -0.05) is 40.2 Å². The molecule has 1 N–H and O–H groups in total. The van der Waals surface area contributed by atoms with Crippen LogP contribution in [0, 0.1) is 0 Å². The summed E-state index contributed by atoms with van der Waals surface area (Å²) in [5.74, 6) is -0.174. The van der Waals surface area contributed by atoms with Crippen molar-refractivity contribution in [3.63, 3.8) is 0 Å². The molecule has 0 spiro atoms. The number of nitrogens with one attached hydrogen (secondary N) is 1. The van der Waals surface area contributed by atoms with Crippen LogP contribution >= 0.6 is 15.9 Å². The molecule has 1 aromatic rings. The second kappa shape index (κ2) is 7.40. The summed E-state index contributed by atoms with van der Waals surface area (Å²) in [7, 11) is 0. The zero-order valence-electron chi connectivity index (χ0n) is 12.6. The highest BCUT2D eigenvalue weighted by Crippen LogP contribution is 2.23. The Morgan fingerprint density at radius 2 is 2.05 bits per heavy atom. The van der Waals surface area contributed by atoms with Crippen LogP contribution in [0.1, 0.15) is 29.3 Å². The summed E-state index contributed by atoms with van der Waals surface area (Å²) >= 11 is 3.52. The SMILES string of the molecule is C=CC(=O)NCc1ccc(C(=O)N2CCC(C)=C(Br)C2)cc1. The topological polar surface area (TPSA) is 49.4 Å². The summed E-state index contributed by atoms with van der Waals surface area (Å²) in [6, 6.07) is 7.32. The maximum atomic E-state index is 12.5. The van der Waals surface area contributed by atoms with Gasteiger partial charge in [0.05, 0.1) is 6.54 Å². The highest BCUT2D eigenvalue weighted by atomic mass is 79.9. The van der Waals surface area contributed by atoms with Gasteiger partial charge in [-0.2, -0.15) is 0 Å². The van der Waals surface area contributed by atoms with Crippen molar-refractivity contribution < 1.29 is 9.59 Å². The van der Waals surface area contributed by atoms with E-state index in [1.54, 1.807) is 12.1 Å². The number of amides is 2. The van der Waals surface area contributed by atoms with Crippen LogP contribution in [0.3, 0.4) is 0 Å². The molecule has 5 heteroatoms. The van der Waals surface area contributed by atoms with Crippen molar-refractivity contribution in [2.75, 3.05) is 13.1 Å². The minimum absolute atomic E-state index is 0.0335. The Balaban J connectivity index is 1.99. The highest BCUT2D eigenvalue weighted by molar-refractivity contribution is 9.11. The fourth-order valence-corrected chi connectivity index (χ4v) is 2.70. The minimum atomic E-state index is -0.208. The van der Waals surface area contributed by atoms with Gasteiger partial charge in [0.2, 0.25) is 5.91 Å². The maximum Gasteiger partial charge on any atom is 0.254 e. The summed E-state index contributed by atoms with van der Waals surface area (Å²) < 4.78 is 1.09. The molecule has 2 rings (SSSR count). The Labute approximate surface area is 139 Å². The van der Waals surface area contributed by atoms with Gasteiger partial charge in [-0.3, -0.25) is 9.59 Å². The van der Waals surface area contributed by atoms with Gasteiger partial charge in [-0.05, 0) is 37.1 Å². The molecule has 0 unspecified atom stereocenters. The van der Waals surface area contributed by atoms with Crippen molar-refractivity contribution >= 4 is 27.7 Å². The molecule has 2 amide bonds. The molecule has 1 aliphatic heterocycles. The molecule has 0 radical (unpaired) electrons. The highest BCUT2D eigenvalue weighted by Gasteiger charge is 2.20. The molecule has 0 atom stereocenters. The van der Waals surface area contributed by atoms with Crippen LogP contribution in [0.4, 0.5) is 0 Å². The summed E-state index contributed by atoms with van der Waals surface area (Å²) in [5, 5.41) is 2.71. The van der Waals surface area contributed by atoms with E-state index in [-0.39, 0.29) is 11.8 Å². The normalized spacial score (nSPS) is 14.7. The van der Waals surface area contributed by atoms with Gasteiger partial charge in [0.15, 0.2) is 0 Å². The summed E-state index contributed by atoms with van der Waals surface area (Å²) in [6.45, 7) is 7.29. The van der Waals surface area contributed by atoms with E-state index >= 15 is 0 Å². The van der Waals surface area contributed by atoms with Crippen molar-refractivity contribution in [2.45, 2.75) is 19.9 Å². The monoisotopic (exact) mass is 362 g/mol. The van der Waals surface area contributed by atoms with Crippen LogP contribution in [-0.4, -0.2) is 29.8 Å². The van der Waals surface area contributed by atoms with Gasteiger partial charge in [-0.25, -0.2) is 0 Å². The number of carbonyl (C=O) groups is 2. The zero-order chi connectivity index (χ0) is 16.1. The molecule has 0 fully saturated rings. The van der Waals surface area contributed by atoms with Crippen molar-refractivity contribution in [1.82, 2.24) is 10.2 Å². The first-order valence-corrected chi connectivity index (χ1v) is 7.93. The van der Waals surface area contributed by atoms with Crippen LogP contribution in [-0.2, 0) is 11.3 Å². The van der Waals surface area contributed by atoms with Crippen LogP contribution in [0.15, 0.2) is 47.0 Å². The lowest BCUT2D eigenvalue weighted by molar-refractivity contribution is -0.116. The Morgan fingerprint density at radius 1 is 1.36 bits per heavy atom. The zero-order valence-corrected chi connectivity index (χ0v) is 14.1. The van der Waals surface area contributed by atoms with Crippen molar-refractivity contribution in [2.24, 2.45) is 0 Å². The van der Waals surface area contributed by atoms with Crippen molar-refractivity contribution in [3.8, 4) is 0 Å². The first-order chi connectivity index (χ1) is 10.5. The van der Waals surface area contributed by atoms with Gasteiger partial charge in [0.25, 0.3) is 5.91 Å². The number of benzene rings is 1. The summed E-state index contributed by atoms with van der Waals surface area (Å²) in [5.41, 5.74) is 2.92. The lowest BCUT2D eigenvalue weighted by atomic mass is 10.1. The molecular weight excluding hydrogens is 344 g/mol. The van der Waals surface area contributed by atoms with E-state index in [0.29, 0.717) is 18.7 Å². The number of nitrogens with zero attached hydrogens (tertiary/aromatic N) is 1. The van der Waals surface area contributed by atoms with E-state index in [4.69, 9.17) is 0 Å². The molecular formula is C17H19BrN2O2. The minimum Gasteiger partial charge on any atom is -0.348 e. The predicted octanol–water partition coefficient (Wildman–Crippen LogP) is 3.00. The number of rotatable bonds is 4. The number of halogens is 1. The second-order valence-corrected chi connectivity index (χ2v) is 6.24. The number of hydrogen-bond donors (Lipinski definition) is 1. The predicted molar refractivity (Wildman–Crippen MR) is 90.6 cm³/mol. The molecule has 0 aliphatic carbocycles. The molecule has 0 saturated heterocycles. The van der Waals surface area contributed by atoms with E-state index in [9.17, 15) is 9.59 Å². The molecule has 116 valence electrons. The molecule has 4 nitrogen and oxygen atoms in total. The van der Waals surface area contributed by atoms with E-state index < -0.39 is 0 Å². The fourth-order valence-electron chi connectivity index (χ4n) is 2.20. The first kappa shape index (κ1) is 16.5. The molecule has 0 bridgehead atoms. The average molecular weight is 363 g/mol. The van der Waals surface area contributed by atoms with Crippen molar-refractivity contribution in [1.29, 1.82) is 0 Å². The smallest absolute Gasteiger partial charge is 0.254 e. The largest absolute Gasteiger partial charge is 0.348 e. The summed E-state index contributed by atoms with van der Waals surface area (Å²) in [6.07, 6.45) is 2.14. The lowest BCUT2D eigenvalue weighted by Crippen LogP contribution is -2.35. The third kappa shape index (κ3) is 4.07. The standard InChI is InChI=1S/C17H19BrN2O2/c1-3-16(21)19-10-13-4-6-14(7-5-13)17(22)20-9-8-12(2)15(18)11-20/h3-7H,1,8-11H2,2H3,(H,19,21). The summed E-state index contributed by atoms with van der Waals surface area (Å²) in [4.78, 5) is 25.4. The Morgan fingerprint density at radius 3 is 2.64 bits per heavy atom. The van der Waals surface area contributed by atoms with E-state index in [1.165, 1.54) is 11.6 Å². The molecule has 0 aromatic heterocycles. The third-order valence-electron chi connectivity index (χ3n) is 3.69. The molecule has 0 saturated carbocycles. The van der Waals surface area contributed by atoms with Gasteiger partial charge in [-0.15, -0.1) is 0 Å². The van der Waals surface area contributed by atoms with Gasteiger partial charge in [0.1, 0.15) is 0 Å². The number of carbonyl (C=O) groups excluding carboxylic acids is 2. The lowest BCUT2D eigenvalue weighted by Gasteiger charge is -2.28.